The van der Waals surface area contributed by atoms with Gasteiger partial charge in [-0.25, -0.2) is 12.7 Å². The molecular weight excluding hydrogens is 401 g/mol. The van der Waals surface area contributed by atoms with Crippen molar-refractivity contribution in [2.24, 2.45) is 5.92 Å². The maximum atomic E-state index is 12.6. The lowest BCUT2D eigenvalue weighted by Crippen LogP contribution is -2.42. The van der Waals surface area contributed by atoms with Gasteiger partial charge in [0.15, 0.2) is 0 Å². The fourth-order valence-electron chi connectivity index (χ4n) is 2.95. The third-order valence-electron chi connectivity index (χ3n) is 4.66. The van der Waals surface area contributed by atoms with Crippen LogP contribution in [0.25, 0.3) is 11.0 Å². The largest absolute Gasteiger partial charge is 0.316 e. The van der Waals surface area contributed by atoms with E-state index in [9.17, 15) is 18.0 Å². The highest BCUT2D eigenvalue weighted by Gasteiger charge is 2.51. The van der Waals surface area contributed by atoms with Gasteiger partial charge in [-0.1, -0.05) is 0 Å². The second-order valence-electron chi connectivity index (χ2n) is 6.57. The zero-order valence-electron chi connectivity index (χ0n) is 14.6. The Morgan fingerprint density at radius 1 is 1.15 bits per heavy atom. The molecule has 1 heterocycles. The number of fused-ring (bicyclic) bond motifs is 1. The van der Waals surface area contributed by atoms with Crippen LogP contribution in [0.15, 0.2) is 32.7 Å². The molecule has 1 fully saturated rings. The van der Waals surface area contributed by atoms with Gasteiger partial charge in [0, 0.05) is 33.1 Å². The molecule has 0 saturated heterocycles. The van der Waals surface area contributed by atoms with Gasteiger partial charge in [0.25, 0.3) is 0 Å². The highest BCUT2D eigenvalue weighted by molar-refractivity contribution is 7.89. The third kappa shape index (κ3) is 3.09. The molecule has 142 valence electrons. The number of rotatable bonds is 5. The maximum Gasteiger partial charge on any atom is 0.316 e. The molecule has 0 radical (unpaired) electrons. The molecule has 10 heteroatoms. The van der Waals surface area contributed by atoms with Gasteiger partial charge in [0.2, 0.25) is 10.0 Å². The van der Waals surface area contributed by atoms with Crippen molar-refractivity contribution in [1.29, 1.82) is 0 Å². The van der Waals surface area contributed by atoms with E-state index in [1.54, 1.807) is 13.0 Å². The number of hydrogen-bond acceptors (Lipinski definition) is 4. The van der Waals surface area contributed by atoms with Crippen LogP contribution in [0.1, 0.15) is 13.3 Å². The first-order chi connectivity index (χ1) is 12.0. The molecule has 1 aliphatic rings. The first-order valence-electron chi connectivity index (χ1n) is 8.08. The predicted molar refractivity (Wildman–Crippen MR) is 102 cm³/mol. The third-order valence-corrected chi connectivity index (χ3v) is 7.39. The molecular formula is C16H19Cl2N3O4S. The van der Waals surface area contributed by atoms with Crippen LogP contribution in [0.4, 0.5) is 0 Å². The molecule has 2 aromatic rings. The Hall–Kier alpha value is -1.35. The van der Waals surface area contributed by atoms with E-state index in [1.807, 2.05) is 0 Å². The summed E-state index contributed by atoms with van der Waals surface area (Å²) in [4.78, 5) is 25.1. The summed E-state index contributed by atoms with van der Waals surface area (Å²) in [6.07, 6.45) is 0.511. The van der Waals surface area contributed by atoms with Gasteiger partial charge in [-0.15, -0.1) is 23.2 Å². The van der Waals surface area contributed by atoms with Crippen LogP contribution in [0.5, 0.6) is 0 Å². The number of benzene rings is 1. The van der Waals surface area contributed by atoms with Crippen LogP contribution in [0.3, 0.4) is 0 Å². The van der Waals surface area contributed by atoms with Crippen molar-refractivity contribution in [3.63, 3.8) is 0 Å². The SMILES string of the molecule is CCn1c(=O)c(=O)n(CC2CC2(Cl)Cl)c2cc(S(=O)(=O)N(C)C)ccc21. The van der Waals surface area contributed by atoms with Crippen molar-refractivity contribution >= 4 is 44.3 Å². The lowest BCUT2D eigenvalue weighted by Gasteiger charge is -2.17. The molecule has 0 aliphatic heterocycles. The second kappa shape index (κ2) is 6.37. The predicted octanol–water partition coefficient (Wildman–Crippen LogP) is 1.63. The number of aryl methyl sites for hydroxylation is 1. The van der Waals surface area contributed by atoms with Gasteiger partial charge in [-0.2, -0.15) is 0 Å². The van der Waals surface area contributed by atoms with Crippen LogP contribution < -0.4 is 11.1 Å². The molecule has 1 aliphatic carbocycles. The lowest BCUT2D eigenvalue weighted by molar-refractivity contribution is 0.520. The van der Waals surface area contributed by atoms with Gasteiger partial charge < -0.3 is 9.13 Å². The minimum Gasteiger partial charge on any atom is -0.302 e. The quantitative estimate of drug-likeness (QED) is 0.544. The first kappa shape index (κ1) is 19.4. The van der Waals surface area contributed by atoms with E-state index >= 15 is 0 Å². The second-order valence-corrected chi connectivity index (χ2v) is 10.3. The fourth-order valence-corrected chi connectivity index (χ4v) is 4.38. The normalized spacial score (nSPS) is 19.2. The van der Waals surface area contributed by atoms with E-state index in [4.69, 9.17) is 23.2 Å². The lowest BCUT2D eigenvalue weighted by atomic mass is 10.2. The van der Waals surface area contributed by atoms with Gasteiger partial charge in [0.05, 0.1) is 15.9 Å². The van der Waals surface area contributed by atoms with E-state index in [0.29, 0.717) is 24.0 Å². The van der Waals surface area contributed by atoms with Crippen molar-refractivity contribution < 1.29 is 8.42 Å². The molecule has 1 aromatic heterocycles. The fraction of sp³-hybridized carbons (Fsp3) is 0.500. The molecule has 1 aromatic carbocycles. The Bertz CT molecular complexity index is 1100. The van der Waals surface area contributed by atoms with E-state index in [0.717, 1.165) is 4.31 Å². The summed E-state index contributed by atoms with van der Waals surface area (Å²) >= 11 is 12.1. The Morgan fingerprint density at radius 2 is 1.73 bits per heavy atom. The standard InChI is InChI=1S/C16H19Cl2N3O4S/c1-4-20-12-6-5-11(26(24,25)19(2)3)7-13(12)21(15(23)14(20)22)9-10-8-16(10,17)18/h5-7,10H,4,8-9H2,1-3H3. The van der Waals surface area contributed by atoms with Crippen molar-refractivity contribution in [2.75, 3.05) is 14.1 Å². The van der Waals surface area contributed by atoms with E-state index < -0.39 is 25.5 Å². The summed E-state index contributed by atoms with van der Waals surface area (Å²) in [6, 6.07) is 4.40. The summed E-state index contributed by atoms with van der Waals surface area (Å²) < 4.78 is 27.7. The summed E-state index contributed by atoms with van der Waals surface area (Å²) in [5.41, 5.74) is -0.506. The molecule has 1 unspecified atom stereocenters. The highest BCUT2D eigenvalue weighted by atomic mass is 35.5. The zero-order chi connectivity index (χ0) is 19.4. The molecule has 0 amide bonds. The number of sulfonamides is 1. The van der Waals surface area contributed by atoms with Gasteiger partial charge in [0.1, 0.15) is 4.33 Å². The number of halogens is 2. The summed E-state index contributed by atoms with van der Waals surface area (Å²) in [7, 11) is -0.826. The topological polar surface area (TPSA) is 81.4 Å². The molecule has 1 atom stereocenters. The average Bonchev–Trinajstić information content (AvgIpc) is 3.18. The van der Waals surface area contributed by atoms with Crippen molar-refractivity contribution in [3.05, 3.63) is 38.9 Å². The molecule has 26 heavy (non-hydrogen) atoms. The minimum atomic E-state index is -3.68. The molecule has 1 saturated carbocycles. The molecule has 3 rings (SSSR count). The Balaban J connectivity index is 2.31. The van der Waals surface area contributed by atoms with Crippen molar-refractivity contribution in [1.82, 2.24) is 13.4 Å². The zero-order valence-corrected chi connectivity index (χ0v) is 16.9. The Labute approximate surface area is 160 Å². The van der Waals surface area contributed by atoms with Crippen LogP contribution in [-0.4, -0.2) is 40.3 Å². The number of nitrogens with zero attached hydrogens (tertiary/aromatic N) is 3. The van der Waals surface area contributed by atoms with Crippen LogP contribution >= 0.6 is 23.2 Å². The van der Waals surface area contributed by atoms with E-state index in [2.05, 4.69) is 0 Å². The average molecular weight is 420 g/mol. The first-order valence-corrected chi connectivity index (χ1v) is 10.3. The maximum absolute atomic E-state index is 12.6. The van der Waals surface area contributed by atoms with E-state index in [-0.39, 0.29) is 17.4 Å². The Kier molecular flexibility index (Phi) is 4.75. The van der Waals surface area contributed by atoms with Crippen LogP contribution in [0.2, 0.25) is 0 Å². The van der Waals surface area contributed by atoms with Gasteiger partial charge in [-0.05, 0) is 31.5 Å². The smallest absolute Gasteiger partial charge is 0.302 e. The summed E-state index contributed by atoms with van der Waals surface area (Å²) in [5, 5.41) is 0. The molecule has 0 N–H and O–H groups in total. The minimum absolute atomic E-state index is 0.0447. The van der Waals surface area contributed by atoms with E-state index in [1.165, 1.54) is 35.4 Å². The van der Waals surface area contributed by atoms with Gasteiger partial charge >= 0.3 is 11.1 Å². The van der Waals surface area contributed by atoms with Crippen molar-refractivity contribution in [2.45, 2.75) is 35.7 Å². The van der Waals surface area contributed by atoms with Crippen molar-refractivity contribution in [3.8, 4) is 0 Å². The molecule has 0 bridgehead atoms. The number of aromatic nitrogens is 2. The summed E-state index contributed by atoms with van der Waals surface area (Å²) in [6.45, 7) is 2.20. The summed E-state index contributed by atoms with van der Waals surface area (Å²) in [5.74, 6) is -0.169. The molecule has 0 spiro atoms. The molecule has 7 nitrogen and oxygen atoms in total. The number of hydrogen-bond donors (Lipinski definition) is 0. The Morgan fingerprint density at radius 3 is 2.23 bits per heavy atom. The monoisotopic (exact) mass is 419 g/mol. The number of alkyl halides is 2. The van der Waals surface area contributed by atoms with Crippen LogP contribution in [-0.2, 0) is 23.1 Å². The van der Waals surface area contributed by atoms with Crippen LogP contribution in [0, 0.1) is 5.92 Å². The highest BCUT2D eigenvalue weighted by Crippen LogP contribution is 2.53. The van der Waals surface area contributed by atoms with Gasteiger partial charge in [-0.3, -0.25) is 9.59 Å².